The first-order chi connectivity index (χ1) is 18.7. The van der Waals surface area contributed by atoms with Crippen LogP contribution >= 0.6 is 0 Å². The number of amides is 2. The van der Waals surface area contributed by atoms with Crippen molar-refractivity contribution in [1.82, 2.24) is 15.5 Å². The smallest absolute Gasteiger partial charge is 0.237 e. The summed E-state index contributed by atoms with van der Waals surface area (Å²) in [5.74, 6) is 0.0499. The number of para-hydroxylation sites is 1. The van der Waals surface area contributed by atoms with Crippen LogP contribution in [0.4, 0.5) is 5.69 Å². The van der Waals surface area contributed by atoms with Crippen molar-refractivity contribution < 1.29 is 19.5 Å². The summed E-state index contributed by atoms with van der Waals surface area (Å²) in [5.41, 5.74) is 1.42. The Morgan fingerprint density at radius 3 is 2.56 bits per heavy atom. The third-order valence-corrected chi connectivity index (χ3v) is 9.36. The van der Waals surface area contributed by atoms with E-state index in [9.17, 15) is 19.5 Å². The molecule has 210 valence electrons. The minimum atomic E-state index is -1.09. The highest BCUT2D eigenvalue weighted by Gasteiger charge is 2.47. The summed E-state index contributed by atoms with van der Waals surface area (Å²) in [6, 6.07) is 7.97. The molecule has 2 aliphatic heterocycles. The largest absolute Gasteiger partial charge is 0.372 e. The lowest BCUT2D eigenvalue weighted by molar-refractivity contribution is -0.127. The predicted octanol–water partition coefficient (Wildman–Crippen LogP) is 2.81. The first kappa shape index (κ1) is 27.7. The fraction of sp³-hybridized carbons (Fsp3) is 0.581. The van der Waals surface area contributed by atoms with E-state index in [0.717, 1.165) is 55.2 Å². The molecular formula is C31H42N4O4. The Morgan fingerprint density at radius 1 is 1.18 bits per heavy atom. The number of carbonyl (C=O) groups excluding carboxylic acids is 3. The maximum Gasteiger partial charge on any atom is 0.237 e. The van der Waals surface area contributed by atoms with Crippen molar-refractivity contribution in [2.24, 2.45) is 5.92 Å². The lowest BCUT2D eigenvalue weighted by atomic mass is 9.86. The van der Waals surface area contributed by atoms with E-state index in [-0.39, 0.29) is 23.8 Å². The second kappa shape index (κ2) is 11.0. The van der Waals surface area contributed by atoms with Crippen LogP contribution in [0.2, 0.25) is 0 Å². The van der Waals surface area contributed by atoms with Gasteiger partial charge in [-0.3, -0.25) is 14.5 Å². The molecule has 39 heavy (non-hydrogen) atoms. The van der Waals surface area contributed by atoms with Crippen LogP contribution in [0.5, 0.6) is 0 Å². The lowest BCUT2D eigenvalue weighted by Crippen LogP contribution is -2.55. The zero-order valence-electron chi connectivity index (χ0n) is 23.4. The predicted molar refractivity (Wildman–Crippen MR) is 151 cm³/mol. The van der Waals surface area contributed by atoms with Crippen LogP contribution in [0.1, 0.15) is 64.4 Å². The SMILES string of the molecule is CN[C@@H]1CC[C@H](C(=O)N[C@H](C=O)CC2=CCC(O)(N3CCC(N4C(=O)C(C)(C)c5ccccc54)CC3)C=C2)C1. The third-order valence-electron chi connectivity index (χ3n) is 9.36. The van der Waals surface area contributed by atoms with Crippen molar-refractivity contribution in [1.29, 1.82) is 0 Å². The highest BCUT2D eigenvalue weighted by Crippen LogP contribution is 2.44. The molecule has 8 heteroatoms. The van der Waals surface area contributed by atoms with Gasteiger partial charge in [0.2, 0.25) is 11.8 Å². The van der Waals surface area contributed by atoms with E-state index in [1.807, 2.05) is 62.2 Å². The standard InChI is InChI=1S/C31H42N4O4/c1-30(2)26-6-4-5-7-27(26)35(29(30)38)25-12-16-34(17-13-25)31(39)14-10-21(11-15-31)18-24(20-36)33-28(37)22-8-9-23(19-22)32-3/h4-7,10-11,14,20,22-25,32,39H,8-9,12-13,15-19H2,1-3H3,(H,33,37)/t22-,23+,24-,31?/m0/s1. The molecule has 1 saturated heterocycles. The molecule has 0 radical (unpaired) electrons. The highest BCUT2D eigenvalue weighted by molar-refractivity contribution is 6.08. The number of aliphatic hydroxyl groups is 1. The van der Waals surface area contributed by atoms with Crippen LogP contribution in [0.3, 0.4) is 0 Å². The monoisotopic (exact) mass is 534 g/mol. The summed E-state index contributed by atoms with van der Waals surface area (Å²) in [6.07, 6.45) is 11.5. The fourth-order valence-electron chi connectivity index (χ4n) is 6.83. The van der Waals surface area contributed by atoms with Gasteiger partial charge in [-0.2, -0.15) is 0 Å². The average Bonchev–Trinajstić information content (AvgIpc) is 3.51. The molecule has 4 aliphatic rings. The van der Waals surface area contributed by atoms with Crippen molar-refractivity contribution in [2.45, 2.75) is 88.1 Å². The maximum atomic E-state index is 13.3. The molecule has 4 atom stereocenters. The summed E-state index contributed by atoms with van der Waals surface area (Å²) in [5, 5.41) is 17.6. The Kier molecular flexibility index (Phi) is 7.82. The first-order valence-corrected chi connectivity index (χ1v) is 14.4. The third kappa shape index (κ3) is 5.34. The van der Waals surface area contributed by atoms with Crippen LogP contribution < -0.4 is 15.5 Å². The molecule has 2 aliphatic carbocycles. The van der Waals surface area contributed by atoms with Crippen LogP contribution in [-0.2, 0) is 19.8 Å². The topological polar surface area (TPSA) is 102 Å². The Hall–Kier alpha value is -2.81. The number of nitrogens with zero attached hydrogens (tertiary/aromatic N) is 2. The van der Waals surface area contributed by atoms with Gasteiger partial charge in [0, 0.05) is 43.2 Å². The summed E-state index contributed by atoms with van der Waals surface area (Å²) in [6.45, 7) is 5.36. The van der Waals surface area contributed by atoms with Crippen LogP contribution in [0.25, 0.3) is 0 Å². The molecule has 0 aromatic heterocycles. The van der Waals surface area contributed by atoms with E-state index >= 15 is 0 Å². The number of benzene rings is 1. The lowest BCUT2D eigenvalue weighted by Gasteiger charge is -2.44. The number of carbonyl (C=O) groups is 3. The van der Waals surface area contributed by atoms with Crippen molar-refractivity contribution in [3.05, 3.63) is 53.6 Å². The van der Waals surface area contributed by atoms with Gasteiger partial charge in [0.25, 0.3) is 0 Å². The quantitative estimate of drug-likeness (QED) is 0.444. The number of allylic oxidation sites excluding steroid dienone is 1. The van der Waals surface area contributed by atoms with Gasteiger partial charge in [-0.15, -0.1) is 0 Å². The number of piperidine rings is 1. The minimum absolute atomic E-state index is 0.0490. The van der Waals surface area contributed by atoms with Gasteiger partial charge < -0.3 is 25.4 Å². The van der Waals surface area contributed by atoms with Crippen LogP contribution in [-0.4, -0.2) is 72.1 Å². The Bertz CT molecular complexity index is 1170. The second-order valence-electron chi connectivity index (χ2n) is 12.2. The van der Waals surface area contributed by atoms with Crippen molar-refractivity contribution in [3.8, 4) is 0 Å². The van der Waals surface area contributed by atoms with E-state index in [2.05, 4.69) is 21.6 Å². The second-order valence-corrected chi connectivity index (χ2v) is 12.2. The Morgan fingerprint density at radius 2 is 1.92 bits per heavy atom. The molecular weight excluding hydrogens is 492 g/mol. The molecule has 5 rings (SSSR count). The molecule has 3 N–H and O–H groups in total. The summed E-state index contributed by atoms with van der Waals surface area (Å²) in [7, 11) is 1.92. The molecule has 1 unspecified atom stereocenters. The summed E-state index contributed by atoms with van der Waals surface area (Å²) >= 11 is 0. The molecule has 8 nitrogen and oxygen atoms in total. The van der Waals surface area contributed by atoms with Crippen molar-refractivity contribution in [2.75, 3.05) is 25.0 Å². The average molecular weight is 535 g/mol. The number of nitrogens with one attached hydrogen (secondary N) is 2. The van der Waals surface area contributed by atoms with Crippen LogP contribution in [0, 0.1) is 5.92 Å². The van der Waals surface area contributed by atoms with Crippen molar-refractivity contribution in [3.63, 3.8) is 0 Å². The van der Waals surface area contributed by atoms with Gasteiger partial charge >= 0.3 is 0 Å². The first-order valence-electron chi connectivity index (χ1n) is 14.4. The number of anilines is 1. The molecule has 0 spiro atoms. The Balaban J connectivity index is 1.15. The number of aldehydes is 1. The fourth-order valence-corrected chi connectivity index (χ4v) is 6.83. The maximum absolute atomic E-state index is 13.3. The normalized spacial score (nSPS) is 29.7. The molecule has 2 amide bonds. The van der Waals surface area contributed by atoms with Gasteiger partial charge in [0.05, 0.1) is 11.5 Å². The zero-order valence-corrected chi connectivity index (χ0v) is 23.4. The molecule has 2 heterocycles. The van der Waals surface area contributed by atoms with E-state index in [4.69, 9.17) is 0 Å². The minimum Gasteiger partial charge on any atom is -0.372 e. The van der Waals surface area contributed by atoms with E-state index < -0.39 is 17.2 Å². The molecule has 1 saturated carbocycles. The van der Waals surface area contributed by atoms with Gasteiger partial charge in [0.1, 0.15) is 12.0 Å². The molecule has 2 fully saturated rings. The molecule has 1 aromatic carbocycles. The Labute approximate surface area is 231 Å². The summed E-state index contributed by atoms with van der Waals surface area (Å²) in [4.78, 5) is 41.8. The van der Waals surface area contributed by atoms with E-state index in [1.165, 1.54) is 0 Å². The van der Waals surface area contributed by atoms with Crippen LogP contribution in [0.15, 0.2) is 48.1 Å². The zero-order chi connectivity index (χ0) is 27.8. The highest BCUT2D eigenvalue weighted by atomic mass is 16.3. The van der Waals surface area contributed by atoms with Gasteiger partial charge in [0.15, 0.2) is 0 Å². The van der Waals surface area contributed by atoms with Gasteiger partial charge in [-0.1, -0.05) is 30.4 Å². The number of likely N-dealkylation sites (tertiary alicyclic amines) is 1. The van der Waals surface area contributed by atoms with Crippen molar-refractivity contribution >= 4 is 23.8 Å². The number of hydrogen-bond donors (Lipinski definition) is 3. The van der Waals surface area contributed by atoms with Gasteiger partial charge in [-0.25, -0.2) is 0 Å². The summed E-state index contributed by atoms with van der Waals surface area (Å²) < 4.78 is 0. The number of fused-ring (bicyclic) bond motifs is 1. The number of hydrogen-bond acceptors (Lipinski definition) is 6. The van der Waals surface area contributed by atoms with E-state index in [1.54, 1.807) is 0 Å². The molecule has 0 bridgehead atoms. The van der Waals surface area contributed by atoms with Gasteiger partial charge in [-0.05, 0) is 82.7 Å². The number of rotatable bonds is 8. The molecule has 1 aromatic rings. The van der Waals surface area contributed by atoms with E-state index in [0.29, 0.717) is 32.0 Å².